The molecule has 1 amide bonds. The highest BCUT2D eigenvalue weighted by molar-refractivity contribution is 9.10. The molecule has 0 spiro atoms. The number of aryl methyl sites for hydroxylation is 2. The molecule has 0 saturated heterocycles. The van der Waals surface area contributed by atoms with Crippen molar-refractivity contribution in [3.05, 3.63) is 73.3 Å². The molecule has 0 unspecified atom stereocenters. The molecule has 8 nitrogen and oxygen atoms in total. The smallest absolute Gasteiger partial charge is 0.267 e. The van der Waals surface area contributed by atoms with Crippen LogP contribution in [-0.4, -0.2) is 41.6 Å². The van der Waals surface area contributed by atoms with Gasteiger partial charge in [-0.25, -0.2) is 10.4 Å². The second-order valence-corrected chi connectivity index (χ2v) is 11.5. The Morgan fingerprint density at radius 2 is 1.97 bits per heavy atom. The van der Waals surface area contributed by atoms with Crippen LogP contribution in [0.15, 0.2) is 62.0 Å². The van der Waals surface area contributed by atoms with Crippen molar-refractivity contribution in [1.29, 1.82) is 0 Å². The van der Waals surface area contributed by atoms with Crippen molar-refractivity contribution in [3.8, 4) is 17.2 Å². The Balaban J connectivity index is 1.40. The zero-order chi connectivity index (χ0) is 26.6. The lowest BCUT2D eigenvalue weighted by molar-refractivity contribution is -0.118. The first kappa shape index (κ1) is 26.5. The van der Waals surface area contributed by atoms with E-state index in [9.17, 15) is 9.59 Å². The van der Waals surface area contributed by atoms with Crippen molar-refractivity contribution in [1.82, 2.24) is 15.0 Å². The first-order chi connectivity index (χ1) is 18.5. The number of amides is 1. The van der Waals surface area contributed by atoms with Crippen LogP contribution in [0.1, 0.15) is 28.8 Å². The fourth-order valence-electron chi connectivity index (χ4n) is 4.35. The van der Waals surface area contributed by atoms with Crippen LogP contribution in [0, 0.1) is 0 Å². The summed E-state index contributed by atoms with van der Waals surface area (Å²) in [6, 6.07) is 12.8. The largest absolute Gasteiger partial charge is 0.497 e. The number of benzene rings is 2. The van der Waals surface area contributed by atoms with E-state index in [1.807, 2.05) is 42.5 Å². The summed E-state index contributed by atoms with van der Waals surface area (Å²) in [7, 11) is 3.20. The molecule has 0 saturated carbocycles. The second kappa shape index (κ2) is 11.7. The Morgan fingerprint density at radius 3 is 2.71 bits per heavy atom. The van der Waals surface area contributed by atoms with Gasteiger partial charge in [-0.1, -0.05) is 11.8 Å². The van der Waals surface area contributed by atoms with Crippen LogP contribution in [0.4, 0.5) is 0 Å². The Labute approximate surface area is 236 Å². The van der Waals surface area contributed by atoms with E-state index in [0.717, 1.165) is 46.1 Å². The number of carbonyl (C=O) groups is 1. The standard InChI is InChI=1S/C27H25BrN4O4S2/c1-35-18-10-8-17(9-11-18)32-26(34)24-19-5-3-4-6-22(19)38-25(24)30-27(32)37-15-23(33)31-29-14-16-7-12-21(36-2)20(28)13-16/h7-14H,3-6,15H2,1-2H3,(H,31,33). The molecule has 4 aromatic rings. The Kier molecular flexibility index (Phi) is 8.15. The van der Waals surface area contributed by atoms with E-state index >= 15 is 0 Å². The van der Waals surface area contributed by atoms with Gasteiger partial charge >= 0.3 is 0 Å². The number of aromatic nitrogens is 2. The van der Waals surface area contributed by atoms with Crippen LogP contribution in [0.2, 0.25) is 0 Å². The van der Waals surface area contributed by atoms with Gasteiger partial charge in [-0.2, -0.15) is 5.10 Å². The minimum absolute atomic E-state index is 0.0445. The third-order valence-electron chi connectivity index (χ3n) is 6.20. The molecule has 2 aromatic heterocycles. The number of nitrogens with zero attached hydrogens (tertiary/aromatic N) is 3. The molecule has 38 heavy (non-hydrogen) atoms. The lowest BCUT2D eigenvalue weighted by atomic mass is 9.97. The molecule has 1 aliphatic rings. The predicted octanol–water partition coefficient (Wildman–Crippen LogP) is 5.35. The number of methoxy groups -OCH3 is 2. The topological polar surface area (TPSA) is 94.8 Å². The highest BCUT2D eigenvalue weighted by Gasteiger charge is 2.23. The first-order valence-corrected chi connectivity index (χ1v) is 14.6. The van der Waals surface area contributed by atoms with E-state index in [1.54, 1.807) is 36.3 Å². The van der Waals surface area contributed by atoms with Crippen molar-refractivity contribution < 1.29 is 14.3 Å². The minimum Gasteiger partial charge on any atom is -0.497 e. The van der Waals surface area contributed by atoms with Gasteiger partial charge in [0.05, 0.1) is 41.7 Å². The molecular weight excluding hydrogens is 588 g/mol. The summed E-state index contributed by atoms with van der Waals surface area (Å²) in [5.41, 5.74) is 5.04. The van der Waals surface area contributed by atoms with Gasteiger partial charge in [-0.15, -0.1) is 11.3 Å². The number of hydrazone groups is 1. The molecule has 2 heterocycles. The highest BCUT2D eigenvalue weighted by atomic mass is 79.9. The number of nitrogens with one attached hydrogen (secondary N) is 1. The number of rotatable bonds is 8. The molecule has 0 aliphatic heterocycles. The molecule has 196 valence electrons. The predicted molar refractivity (Wildman–Crippen MR) is 156 cm³/mol. The maximum Gasteiger partial charge on any atom is 0.267 e. The van der Waals surface area contributed by atoms with Gasteiger partial charge in [0.2, 0.25) is 0 Å². The van der Waals surface area contributed by atoms with E-state index in [4.69, 9.17) is 14.5 Å². The number of thioether (sulfide) groups is 1. The van der Waals surface area contributed by atoms with Gasteiger partial charge in [0.15, 0.2) is 5.16 Å². The molecule has 1 aliphatic carbocycles. The third kappa shape index (κ3) is 5.50. The molecule has 0 radical (unpaired) electrons. The number of fused-ring (bicyclic) bond motifs is 3. The van der Waals surface area contributed by atoms with E-state index in [2.05, 4.69) is 26.5 Å². The summed E-state index contributed by atoms with van der Waals surface area (Å²) in [5.74, 6) is 1.14. The fraction of sp³-hybridized carbons (Fsp3) is 0.259. The second-order valence-electron chi connectivity index (χ2n) is 8.60. The van der Waals surface area contributed by atoms with Gasteiger partial charge in [0, 0.05) is 4.88 Å². The SMILES string of the molecule is COc1ccc(-n2c(SCC(=O)NN=Cc3ccc(OC)c(Br)c3)nc3sc4c(c3c2=O)CCCC4)cc1. The summed E-state index contributed by atoms with van der Waals surface area (Å²) in [5, 5.41) is 5.22. The molecular formula is C27H25BrN4O4S2. The summed E-state index contributed by atoms with van der Waals surface area (Å²) < 4.78 is 12.9. The van der Waals surface area contributed by atoms with E-state index < -0.39 is 0 Å². The number of thiophene rings is 1. The van der Waals surface area contributed by atoms with E-state index in [-0.39, 0.29) is 17.2 Å². The summed E-state index contributed by atoms with van der Waals surface area (Å²) >= 11 is 6.23. The molecule has 5 rings (SSSR count). The third-order valence-corrected chi connectivity index (χ3v) is 8.94. The number of ether oxygens (including phenoxy) is 2. The van der Waals surface area contributed by atoms with Crippen LogP contribution < -0.4 is 20.5 Å². The molecule has 0 fully saturated rings. The van der Waals surface area contributed by atoms with Crippen molar-refractivity contribution >= 4 is 61.4 Å². The van der Waals surface area contributed by atoms with Crippen LogP contribution in [0.3, 0.4) is 0 Å². The molecule has 1 N–H and O–H groups in total. The zero-order valence-electron chi connectivity index (χ0n) is 20.8. The molecule has 0 atom stereocenters. The zero-order valence-corrected chi connectivity index (χ0v) is 24.0. The number of hydrogen-bond acceptors (Lipinski definition) is 8. The van der Waals surface area contributed by atoms with Crippen LogP contribution in [0.5, 0.6) is 11.5 Å². The normalized spacial score (nSPS) is 13.0. The van der Waals surface area contributed by atoms with Crippen molar-refractivity contribution in [3.63, 3.8) is 0 Å². The lowest BCUT2D eigenvalue weighted by Gasteiger charge is -2.14. The Morgan fingerprint density at radius 1 is 1.18 bits per heavy atom. The maximum atomic E-state index is 13.8. The quantitative estimate of drug-likeness (QED) is 0.125. The minimum atomic E-state index is -0.306. The van der Waals surface area contributed by atoms with Gasteiger partial charge in [0.1, 0.15) is 16.3 Å². The average molecular weight is 614 g/mol. The number of halogens is 1. The van der Waals surface area contributed by atoms with Gasteiger partial charge in [-0.05, 0) is 95.2 Å². The monoisotopic (exact) mass is 612 g/mol. The van der Waals surface area contributed by atoms with Crippen LogP contribution >= 0.6 is 39.0 Å². The molecule has 2 aromatic carbocycles. The van der Waals surface area contributed by atoms with Crippen molar-refractivity contribution in [2.75, 3.05) is 20.0 Å². The van der Waals surface area contributed by atoms with Crippen LogP contribution in [0.25, 0.3) is 15.9 Å². The summed E-state index contributed by atoms with van der Waals surface area (Å²) in [6.45, 7) is 0. The van der Waals surface area contributed by atoms with Crippen molar-refractivity contribution in [2.24, 2.45) is 5.10 Å². The average Bonchev–Trinajstić information content (AvgIpc) is 3.31. The fourth-order valence-corrected chi connectivity index (χ4v) is 7.01. The van der Waals surface area contributed by atoms with Gasteiger partial charge < -0.3 is 9.47 Å². The molecule has 0 bridgehead atoms. The number of hydrogen-bond donors (Lipinski definition) is 1. The van der Waals surface area contributed by atoms with Crippen molar-refractivity contribution in [2.45, 2.75) is 30.8 Å². The highest BCUT2D eigenvalue weighted by Crippen LogP contribution is 2.35. The van der Waals surface area contributed by atoms with E-state index in [1.165, 1.54) is 16.6 Å². The maximum absolute atomic E-state index is 13.8. The van der Waals surface area contributed by atoms with Gasteiger partial charge in [0.25, 0.3) is 11.5 Å². The summed E-state index contributed by atoms with van der Waals surface area (Å²) in [6.07, 6.45) is 5.63. The van der Waals surface area contributed by atoms with Gasteiger partial charge in [-0.3, -0.25) is 14.2 Å². The Bertz CT molecular complexity index is 1580. The molecule has 11 heteroatoms. The van der Waals surface area contributed by atoms with E-state index in [0.29, 0.717) is 27.7 Å². The first-order valence-electron chi connectivity index (χ1n) is 12.0. The lowest BCUT2D eigenvalue weighted by Crippen LogP contribution is -2.24. The Hall–Kier alpha value is -3.15. The summed E-state index contributed by atoms with van der Waals surface area (Å²) in [4.78, 5) is 33.3. The number of carbonyl (C=O) groups excluding carboxylic acids is 1. The van der Waals surface area contributed by atoms with Crippen LogP contribution in [-0.2, 0) is 17.6 Å².